The molecule has 2 amide bonds. The Bertz CT molecular complexity index is 746. The Morgan fingerprint density at radius 2 is 2.00 bits per heavy atom. The van der Waals surface area contributed by atoms with E-state index in [0.717, 1.165) is 18.4 Å². The van der Waals surface area contributed by atoms with Crippen molar-refractivity contribution in [3.8, 4) is 0 Å². The molecular formula is C20H23FN2O2S. The zero-order valence-corrected chi connectivity index (χ0v) is 15.6. The Morgan fingerprint density at radius 1 is 1.23 bits per heavy atom. The van der Waals surface area contributed by atoms with Crippen LogP contribution in [0.3, 0.4) is 0 Å². The van der Waals surface area contributed by atoms with Gasteiger partial charge in [-0.05, 0) is 35.6 Å². The summed E-state index contributed by atoms with van der Waals surface area (Å²) in [6.07, 6.45) is 1.94. The van der Waals surface area contributed by atoms with E-state index in [1.807, 2.05) is 11.4 Å². The second-order valence-corrected chi connectivity index (χ2v) is 7.54. The third kappa shape index (κ3) is 4.12. The van der Waals surface area contributed by atoms with E-state index in [1.54, 1.807) is 23.1 Å². The van der Waals surface area contributed by atoms with Gasteiger partial charge in [-0.25, -0.2) is 4.39 Å². The molecule has 0 bridgehead atoms. The maximum Gasteiger partial charge on any atom is 0.263 e. The molecule has 4 nitrogen and oxygen atoms in total. The molecule has 1 aliphatic heterocycles. The van der Waals surface area contributed by atoms with Crippen LogP contribution in [0.5, 0.6) is 0 Å². The summed E-state index contributed by atoms with van der Waals surface area (Å²) < 4.78 is 13.3. The molecule has 0 unspecified atom stereocenters. The number of hydrogen-bond acceptors (Lipinski definition) is 3. The van der Waals surface area contributed by atoms with Crippen molar-refractivity contribution in [1.82, 2.24) is 10.2 Å². The lowest BCUT2D eigenvalue weighted by molar-refractivity contribution is -0.124. The third-order valence-corrected chi connectivity index (χ3v) is 5.66. The molecule has 2 aromatic rings. The summed E-state index contributed by atoms with van der Waals surface area (Å²) in [4.78, 5) is 27.8. The summed E-state index contributed by atoms with van der Waals surface area (Å²) in [6, 6.07) is 9.89. The van der Waals surface area contributed by atoms with Crippen molar-refractivity contribution in [1.29, 1.82) is 0 Å². The van der Waals surface area contributed by atoms with Crippen LogP contribution in [0.2, 0.25) is 0 Å². The second-order valence-electron chi connectivity index (χ2n) is 6.60. The Labute approximate surface area is 157 Å². The lowest BCUT2D eigenvalue weighted by Crippen LogP contribution is -2.36. The minimum Gasteiger partial charge on any atom is -0.356 e. The largest absolute Gasteiger partial charge is 0.356 e. The number of likely N-dealkylation sites (tertiary alicyclic amines) is 1. The molecule has 0 radical (unpaired) electrons. The second kappa shape index (κ2) is 8.45. The van der Waals surface area contributed by atoms with Gasteiger partial charge in [0, 0.05) is 25.6 Å². The molecule has 1 aliphatic rings. The fraction of sp³-hybridized carbons (Fsp3) is 0.400. The van der Waals surface area contributed by atoms with Gasteiger partial charge in [-0.3, -0.25) is 9.59 Å². The van der Waals surface area contributed by atoms with Crippen molar-refractivity contribution in [2.45, 2.75) is 25.7 Å². The van der Waals surface area contributed by atoms with Crippen LogP contribution in [-0.4, -0.2) is 36.3 Å². The molecule has 1 N–H and O–H groups in total. The summed E-state index contributed by atoms with van der Waals surface area (Å²) in [5.41, 5.74) is 0.892. The van der Waals surface area contributed by atoms with Gasteiger partial charge in [0.2, 0.25) is 5.91 Å². The van der Waals surface area contributed by atoms with E-state index < -0.39 is 0 Å². The Balaban J connectivity index is 1.79. The number of nitrogens with one attached hydrogen (secondary N) is 1. The van der Waals surface area contributed by atoms with Crippen molar-refractivity contribution < 1.29 is 14.0 Å². The minimum atomic E-state index is -0.318. The number of benzene rings is 1. The Kier molecular flexibility index (Phi) is 6.04. The van der Waals surface area contributed by atoms with Crippen molar-refractivity contribution in [3.63, 3.8) is 0 Å². The Morgan fingerprint density at radius 3 is 2.65 bits per heavy atom. The van der Waals surface area contributed by atoms with Crippen LogP contribution in [0.25, 0.3) is 0 Å². The first-order valence-corrected chi connectivity index (χ1v) is 9.84. The molecule has 1 aromatic carbocycles. The highest BCUT2D eigenvalue weighted by Crippen LogP contribution is 2.34. The zero-order chi connectivity index (χ0) is 18.5. The number of carbonyl (C=O) groups is 2. The van der Waals surface area contributed by atoms with Gasteiger partial charge in [0.05, 0.1) is 10.8 Å². The molecule has 3 rings (SSSR count). The summed E-state index contributed by atoms with van der Waals surface area (Å²) in [5, 5.41) is 4.85. The highest BCUT2D eigenvalue weighted by Gasteiger charge is 2.40. The topological polar surface area (TPSA) is 49.4 Å². The van der Waals surface area contributed by atoms with Gasteiger partial charge in [0.15, 0.2) is 0 Å². The fourth-order valence-corrected chi connectivity index (χ4v) is 4.05. The van der Waals surface area contributed by atoms with Crippen LogP contribution >= 0.6 is 11.3 Å². The molecule has 0 spiro atoms. The molecule has 0 aliphatic carbocycles. The zero-order valence-electron chi connectivity index (χ0n) is 14.8. The number of rotatable bonds is 6. The van der Waals surface area contributed by atoms with Crippen molar-refractivity contribution in [2.75, 3.05) is 19.6 Å². The first-order valence-electron chi connectivity index (χ1n) is 8.96. The first-order chi connectivity index (χ1) is 12.6. The molecular weight excluding hydrogens is 351 g/mol. The molecule has 6 heteroatoms. The van der Waals surface area contributed by atoms with Crippen LogP contribution in [0.4, 0.5) is 4.39 Å². The Hall–Kier alpha value is -2.21. The highest BCUT2D eigenvalue weighted by atomic mass is 32.1. The van der Waals surface area contributed by atoms with E-state index in [1.165, 1.54) is 23.5 Å². The van der Waals surface area contributed by atoms with E-state index in [9.17, 15) is 14.0 Å². The van der Waals surface area contributed by atoms with Gasteiger partial charge in [-0.15, -0.1) is 11.3 Å². The lowest BCUT2D eigenvalue weighted by Gasteiger charge is -2.18. The predicted molar refractivity (Wildman–Crippen MR) is 101 cm³/mol. The summed E-state index contributed by atoms with van der Waals surface area (Å²) in [7, 11) is 0. The van der Waals surface area contributed by atoms with Crippen molar-refractivity contribution in [3.05, 3.63) is 58.0 Å². The number of hydrogen-bond donors (Lipinski definition) is 1. The van der Waals surface area contributed by atoms with Crippen LogP contribution < -0.4 is 5.32 Å². The quantitative estimate of drug-likeness (QED) is 0.785. The molecule has 1 fully saturated rings. The number of nitrogens with zero attached hydrogens (tertiary/aromatic N) is 1. The number of thiophene rings is 1. The summed E-state index contributed by atoms with van der Waals surface area (Å²) >= 11 is 1.40. The molecule has 26 heavy (non-hydrogen) atoms. The van der Waals surface area contributed by atoms with Gasteiger partial charge >= 0.3 is 0 Å². The van der Waals surface area contributed by atoms with E-state index in [4.69, 9.17) is 0 Å². The van der Waals surface area contributed by atoms with Gasteiger partial charge in [-0.1, -0.05) is 31.5 Å². The molecule has 0 saturated carbocycles. The van der Waals surface area contributed by atoms with Crippen LogP contribution in [0.15, 0.2) is 41.8 Å². The smallest absolute Gasteiger partial charge is 0.263 e. The lowest BCUT2D eigenvalue weighted by atomic mass is 9.88. The van der Waals surface area contributed by atoms with Crippen LogP contribution in [0.1, 0.15) is 40.9 Å². The average molecular weight is 374 g/mol. The molecule has 1 aromatic heterocycles. The minimum absolute atomic E-state index is 0.0331. The predicted octanol–water partition coefficient (Wildman–Crippen LogP) is 3.66. The summed E-state index contributed by atoms with van der Waals surface area (Å²) in [5.74, 6) is -0.824. The molecule has 1 saturated heterocycles. The maximum atomic E-state index is 13.3. The first kappa shape index (κ1) is 18.6. The molecule has 2 atom stereocenters. The van der Waals surface area contributed by atoms with Gasteiger partial charge in [0.25, 0.3) is 5.91 Å². The average Bonchev–Trinajstić information content (AvgIpc) is 3.32. The van der Waals surface area contributed by atoms with Gasteiger partial charge < -0.3 is 10.2 Å². The standard InChI is InChI=1S/C20H23FN2O2S/c1-2-3-10-22-19(24)17-13-23(20(25)18-5-4-11-26-18)12-16(17)14-6-8-15(21)9-7-14/h4-9,11,16-17H,2-3,10,12-13H2,1H3,(H,22,24)/t16-,17+/m1/s1. The van der Waals surface area contributed by atoms with Crippen molar-refractivity contribution in [2.24, 2.45) is 5.92 Å². The normalized spacial score (nSPS) is 19.5. The number of amides is 2. The van der Waals surface area contributed by atoms with Gasteiger partial charge in [0.1, 0.15) is 5.82 Å². The van der Waals surface area contributed by atoms with Crippen LogP contribution in [-0.2, 0) is 4.79 Å². The number of halogens is 1. The summed E-state index contributed by atoms with van der Waals surface area (Å²) in [6.45, 7) is 3.57. The molecule has 2 heterocycles. The van der Waals surface area contributed by atoms with E-state index in [-0.39, 0.29) is 29.5 Å². The maximum absolute atomic E-state index is 13.3. The fourth-order valence-electron chi connectivity index (χ4n) is 3.36. The molecule has 138 valence electrons. The monoisotopic (exact) mass is 374 g/mol. The van der Waals surface area contributed by atoms with E-state index >= 15 is 0 Å². The van der Waals surface area contributed by atoms with E-state index in [2.05, 4.69) is 12.2 Å². The SMILES string of the molecule is CCCCNC(=O)[C@H]1CN(C(=O)c2cccs2)C[C@@H]1c1ccc(F)cc1. The third-order valence-electron chi connectivity index (χ3n) is 4.80. The van der Waals surface area contributed by atoms with Crippen molar-refractivity contribution >= 4 is 23.2 Å². The number of carbonyl (C=O) groups excluding carboxylic acids is 2. The number of unbranched alkanes of at least 4 members (excludes halogenated alkanes) is 1. The van der Waals surface area contributed by atoms with Crippen LogP contribution in [0, 0.1) is 11.7 Å². The highest BCUT2D eigenvalue weighted by molar-refractivity contribution is 7.12. The van der Waals surface area contributed by atoms with Gasteiger partial charge in [-0.2, -0.15) is 0 Å². The van der Waals surface area contributed by atoms with E-state index in [0.29, 0.717) is 24.5 Å².